The molecule has 0 radical (unpaired) electrons. The highest BCUT2D eigenvalue weighted by Gasteiger charge is 2.60. The Hall–Kier alpha value is -0.623. The maximum absolute atomic E-state index is 6.38. The Morgan fingerprint density at radius 1 is 0.636 bits per heavy atom. The van der Waals surface area contributed by atoms with Crippen LogP contribution in [0.5, 0.6) is 0 Å². The Balaban J connectivity index is 0.000000311. The number of ether oxygens (including phenoxy) is 6. The standard InChI is InChI=1S/C28H50O4.C18H36O4Si/c1-8-13-14-15-16-17-20-23(21(11-4)26-24(31-26)18-9-2)28(29-6,30-7)22(12-5)27-25(32-27)19-10-3;1-5-15(17-7-11-21-17)9-13-23(19-3,20-4)14-10-16(6-2)18-8-12-22-18/h9-10,18-19,21-27H,8,11-17,20H2,1-7H3;15-18H,5-14H2,1-4H3. The molecule has 0 aromatic heterocycles. The van der Waals surface area contributed by atoms with Crippen LogP contribution in [0.25, 0.3) is 0 Å². The van der Waals surface area contributed by atoms with Crippen molar-refractivity contribution in [2.24, 2.45) is 29.6 Å². The van der Waals surface area contributed by atoms with Gasteiger partial charge in [0.1, 0.15) is 12.2 Å². The van der Waals surface area contributed by atoms with E-state index in [1.165, 1.54) is 77.0 Å². The molecule has 4 heterocycles. The van der Waals surface area contributed by atoms with Gasteiger partial charge in [0.05, 0.1) is 24.4 Å². The van der Waals surface area contributed by atoms with E-state index in [4.69, 9.17) is 37.3 Å². The molecule has 0 amide bonds. The molecule has 4 aliphatic heterocycles. The van der Waals surface area contributed by atoms with Crippen molar-refractivity contribution in [3.05, 3.63) is 24.3 Å². The summed E-state index contributed by atoms with van der Waals surface area (Å²) in [7, 11) is 5.27. The van der Waals surface area contributed by atoms with Crippen LogP contribution in [0, 0.1) is 29.6 Å². The first-order valence-corrected chi connectivity index (χ1v) is 25.0. The van der Waals surface area contributed by atoms with E-state index in [2.05, 4.69) is 72.8 Å². The summed E-state index contributed by atoms with van der Waals surface area (Å²) in [5.41, 5.74) is 0. The lowest BCUT2D eigenvalue weighted by molar-refractivity contribution is -0.287. The van der Waals surface area contributed by atoms with E-state index in [0.29, 0.717) is 30.0 Å². The highest BCUT2D eigenvalue weighted by atomic mass is 28.4. The van der Waals surface area contributed by atoms with Crippen molar-refractivity contribution in [1.82, 2.24) is 0 Å². The first-order chi connectivity index (χ1) is 26.8. The van der Waals surface area contributed by atoms with Crippen LogP contribution in [0.2, 0.25) is 12.1 Å². The number of methoxy groups -OCH3 is 2. The van der Waals surface area contributed by atoms with Crippen molar-refractivity contribution in [3.8, 4) is 0 Å². The Labute approximate surface area is 339 Å². The van der Waals surface area contributed by atoms with Crippen molar-refractivity contribution in [3.63, 3.8) is 0 Å². The van der Waals surface area contributed by atoms with E-state index >= 15 is 0 Å². The van der Waals surface area contributed by atoms with Crippen molar-refractivity contribution < 1.29 is 37.3 Å². The van der Waals surface area contributed by atoms with Crippen molar-refractivity contribution in [1.29, 1.82) is 0 Å². The molecule has 4 rings (SSSR count). The normalized spacial score (nSPS) is 27.8. The maximum atomic E-state index is 6.38. The third-order valence-electron chi connectivity index (χ3n) is 13.8. The van der Waals surface area contributed by atoms with Gasteiger partial charge in [-0.2, -0.15) is 0 Å². The van der Waals surface area contributed by atoms with Crippen LogP contribution in [0.4, 0.5) is 0 Å². The summed E-state index contributed by atoms with van der Waals surface area (Å²) in [6.45, 7) is 17.4. The summed E-state index contributed by atoms with van der Waals surface area (Å²) in [6, 6.07) is 2.17. The fourth-order valence-corrected chi connectivity index (χ4v) is 12.8. The monoisotopic (exact) mass is 795 g/mol. The summed E-state index contributed by atoms with van der Waals surface area (Å²) in [5, 5.41) is 0. The zero-order valence-electron chi connectivity index (χ0n) is 37.4. The molecule has 4 fully saturated rings. The fourth-order valence-electron chi connectivity index (χ4n) is 9.93. The van der Waals surface area contributed by atoms with E-state index < -0.39 is 14.3 Å². The Morgan fingerprint density at radius 3 is 1.53 bits per heavy atom. The number of hydrogen-bond acceptors (Lipinski definition) is 8. The minimum absolute atomic E-state index is 0.159. The number of epoxide rings is 2. The van der Waals surface area contributed by atoms with Crippen molar-refractivity contribution in [2.45, 2.75) is 199 Å². The Kier molecular flexibility index (Phi) is 22.8. The van der Waals surface area contributed by atoms with Gasteiger partial charge in [0.2, 0.25) is 0 Å². The zero-order chi connectivity index (χ0) is 40.3. The van der Waals surface area contributed by atoms with Gasteiger partial charge in [0, 0.05) is 53.5 Å². The molecule has 0 aromatic rings. The minimum Gasteiger partial charge on any atom is -0.398 e. The lowest BCUT2D eigenvalue weighted by atomic mass is 9.71. The molecule has 4 aliphatic rings. The number of rotatable bonds is 30. The van der Waals surface area contributed by atoms with Gasteiger partial charge in [-0.3, -0.25) is 0 Å². The minimum atomic E-state index is -2.08. The lowest BCUT2D eigenvalue weighted by Gasteiger charge is -2.46. The average molecular weight is 795 g/mol. The Bertz CT molecular complexity index is 1030. The van der Waals surface area contributed by atoms with E-state index in [9.17, 15) is 0 Å². The molecule has 322 valence electrons. The second kappa shape index (κ2) is 25.8. The van der Waals surface area contributed by atoms with E-state index in [0.717, 1.165) is 44.6 Å². The third-order valence-corrected chi connectivity index (χ3v) is 17.4. The van der Waals surface area contributed by atoms with Gasteiger partial charge >= 0.3 is 8.56 Å². The first kappa shape index (κ1) is 48.7. The van der Waals surface area contributed by atoms with Gasteiger partial charge < -0.3 is 37.3 Å². The highest BCUT2D eigenvalue weighted by molar-refractivity contribution is 6.67. The molecule has 55 heavy (non-hydrogen) atoms. The van der Waals surface area contributed by atoms with Crippen LogP contribution < -0.4 is 0 Å². The summed E-state index contributed by atoms with van der Waals surface area (Å²) in [4.78, 5) is 0. The predicted molar refractivity (Wildman–Crippen MR) is 228 cm³/mol. The largest absolute Gasteiger partial charge is 0.398 e. The van der Waals surface area contributed by atoms with Crippen molar-refractivity contribution in [2.75, 3.05) is 41.7 Å². The molecule has 11 unspecified atom stereocenters. The van der Waals surface area contributed by atoms with Crippen LogP contribution in [0.3, 0.4) is 0 Å². The van der Waals surface area contributed by atoms with E-state index in [1.54, 1.807) is 0 Å². The molecular formula is C46H86O8Si. The van der Waals surface area contributed by atoms with Crippen LogP contribution in [-0.2, 0) is 37.3 Å². The van der Waals surface area contributed by atoms with E-state index in [1.807, 2.05) is 28.4 Å². The van der Waals surface area contributed by atoms with Crippen LogP contribution in [0.1, 0.15) is 145 Å². The van der Waals surface area contributed by atoms with Gasteiger partial charge in [0.25, 0.3) is 0 Å². The summed E-state index contributed by atoms with van der Waals surface area (Å²) in [5.74, 6) is 1.54. The highest BCUT2D eigenvalue weighted by Crippen LogP contribution is 2.51. The topological polar surface area (TPSA) is 80.4 Å². The molecule has 4 saturated heterocycles. The number of allylic oxidation sites excluding steroid dienone is 2. The molecule has 9 heteroatoms. The number of unbranched alkanes of at least 4 members (excludes halogenated alkanes) is 5. The van der Waals surface area contributed by atoms with Gasteiger partial charge in [0.15, 0.2) is 5.79 Å². The van der Waals surface area contributed by atoms with Crippen LogP contribution >= 0.6 is 0 Å². The molecule has 0 bridgehead atoms. The predicted octanol–water partition coefficient (Wildman–Crippen LogP) is 11.2. The van der Waals surface area contributed by atoms with Gasteiger partial charge in [-0.1, -0.05) is 117 Å². The Morgan fingerprint density at radius 2 is 1.13 bits per heavy atom. The van der Waals surface area contributed by atoms with Crippen LogP contribution in [-0.4, -0.2) is 92.6 Å². The summed E-state index contributed by atoms with van der Waals surface area (Å²) in [6.07, 6.45) is 28.4. The smallest absolute Gasteiger partial charge is 0.337 e. The number of hydrogen-bond donors (Lipinski definition) is 0. The second-order valence-electron chi connectivity index (χ2n) is 16.7. The van der Waals surface area contributed by atoms with E-state index in [-0.39, 0.29) is 36.3 Å². The first-order valence-electron chi connectivity index (χ1n) is 22.8. The van der Waals surface area contributed by atoms with Gasteiger partial charge in [-0.15, -0.1) is 0 Å². The summed E-state index contributed by atoms with van der Waals surface area (Å²) < 4.78 is 48.4. The molecule has 0 aromatic carbocycles. The molecule has 11 atom stereocenters. The quantitative estimate of drug-likeness (QED) is 0.0234. The zero-order valence-corrected chi connectivity index (χ0v) is 38.4. The SMILES string of the molecule is CC=CC1OC1C(CC)C(CCCCCCCC)C(OC)(OC)C(CC)C1OC1C=CC.CCC(CC[Si](CCC(CC)C1CCO1)(OC)OC)C1CCO1. The molecule has 8 nitrogen and oxygen atoms in total. The van der Waals surface area contributed by atoms with Gasteiger partial charge in [-0.25, -0.2) is 0 Å². The fraction of sp³-hybridized carbons (Fsp3) is 0.913. The average Bonchev–Trinajstić information content (AvgIpc) is 4.10. The maximum Gasteiger partial charge on any atom is 0.337 e. The molecular weight excluding hydrogens is 709 g/mol. The van der Waals surface area contributed by atoms with Crippen molar-refractivity contribution >= 4 is 8.56 Å². The lowest BCUT2D eigenvalue weighted by Crippen LogP contribution is -2.54. The molecule has 0 N–H and O–H groups in total. The molecule has 0 spiro atoms. The second-order valence-corrected chi connectivity index (χ2v) is 20.3. The molecule has 0 aliphatic carbocycles. The molecule has 0 saturated carbocycles. The van der Waals surface area contributed by atoms with Gasteiger partial charge in [-0.05, 0) is 82.2 Å². The van der Waals surface area contributed by atoms with Crippen LogP contribution in [0.15, 0.2) is 24.3 Å². The third kappa shape index (κ3) is 13.7. The summed E-state index contributed by atoms with van der Waals surface area (Å²) >= 11 is 0.